The van der Waals surface area contributed by atoms with Crippen molar-refractivity contribution in [2.24, 2.45) is 5.84 Å². The van der Waals surface area contributed by atoms with E-state index in [0.717, 1.165) is 11.3 Å². The van der Waals surface area contributed by atoms with Gasteiger partial charge in [-0.3, -0.25) is 5.84 Å². The number of nitrogens with two attached hydrogens (primary N) is 1. The van der Waals surface area contributed by atoms with Crippen LogP contribution in [-0.2, 0) is 5.41 Å². The molecule has 0 aliphatic rings. The van der Waals surface area contributed by atoms with Crippen LogP contribution in [0, 0.1) is 0 Å². The molecule has 1 aromatic carbocycles. The van der Waals surface area contributed by atoms with Crippen molar-refractivity contribution >= 4 is 11.8 Å². The van der Waals surface area contributed by atoms with Gasteiger partial charge in [-0.2, -0.15) is 0 Å². The molecule has 0 aromatic heterocycles. The Morgan fingerprint density at radius 1 is 1.36 bits per heavy atom. The van der Waals surface area contributed by atoms with Crippen molar-refractivity contribution in [2.75, 3.05) is 5.43 Å². The summed E-state index contributed by atoms with van der Waals surface area (Å²) in [6.45, 7) is 10.3. The van der Waals surface area contributed by atoms with Crippen LogP contribution in [0.15, 0.2) is 24.8 Å². The van der Waals surface area contributed by atoms with Crippen molar-refractivity contribution in [1.82, 2.24) is 0 Å². The van der Waals surface area contributed by atoms with Crippen molar-refractivity contribution in [3.8, 4) is 0 Å². The molecule has 0 spiro atoms. The second kappa shape index (κ2) is 3.84. The van der Waals surface area contributed by atoms with Gasteiger partial charge >= 0.3 is 0 Å². The lowest BCUT2D eigenvalue weighted by Crippen LogP contribution is -2.18. The predicted molar refractivity (Wildman–Crippen MR) is 63.0 cm³/mol. The summed E-state index contributed by atoms with van der Waals surface area (Å²) in [5.41, 5.74) is 6.05. The molecule has 0 aliphatic heterocycles. The lowest BCUT2D eigenvalue weighted by atomic mass is 9.84. The van der Waals surface area contributed by atoms with Crippen molar-refractivity contribution in [1.29, 1.82) is 0 Å². The van der Waals surface area contributed by atoms with Crippen LogP contribution in [0.2, 0.25) is 0 Å². The van der Waals surface area contributed by atoms with Crippen LogP contribution in [0.5, 0.6) is 0 Å². The van der Waals surface area contributed by atoms with E-state index in [9.17, 15) is 0 Å². The number of nitrogens with one attached hydrogen (secondary N) is 1. The standard InChI is InChI=1S/C12H18N2/c1-5-9-7-6-8-10(11(9)14-13)12(2,3)4/h5-8,14H,1,13H2,2-4H3. The van der Waals surface area contributed by atoms with Crippen molar-refractivity contribution in [3.05, 3.63) is 35.9 Å². The maximum Gasteiger partial charge on any atom is 0.0594 e. The van der Waals surface area contributed by atoms with Crippen LogP contribution >= 0.6 is 0 Å². The first kappa shape index (κ1) is 10.8. The molecule has 0 amide bonds. The van der Waals surface area contributed by atoms with Gasteiger partial charge < -0.3 is 5.43 Å². The molecule has 76 valence electrons. The van der Waals surface area contributed by atoms with Crippen LogP contribution in [0.25, 0.3) is 6.08 Å². The molecular formula is C12H18N2. The fourth-order valence-electron chi connectivity index (χ4n) is 1.53. The van der Waals surface area contributed by atoms with Gasteiger partial charge in [0.1, 0.15) is 0 Å². The predicted octanol–water partition coefficient (Wildman–Crippen LogP) is 2.91. The maximum atomic E-state index is 5.53. The lowest BCUT2D eigenvalue weighted by Gasteiger charge is -2.23. The van der Waals surface area contributed by atoms with Gasteiger partial charge in [-0.05, 0) is 16.5 Å². The minimum atomic E-state index is 0.0841. The van der Waals surface area contributed by atoms with E-state index in [0.29, 0.717) is 0 Å². The average molecular weight is 190 g/mol. The summed E-state index contributed by atoms with van der Waals surface area (Å²) in [6, 6.07) is 6.11. The molecule has 0 unspecified atom stereocenters. The van der Waals surface area contributed by atoms with Crippen LogP contribution in [0.4, 0.5) is 5.69 Å². The van der Waals surface area contributed by atoms with Crippen molar-refractivity contribution in [2.45, 2.75) is 26.2 Å². The first-order chi connectivity index (χ1) is 6.50. The van der Waals surface area contributed by atoms with E-state index in [4.69, 9.17) is 5.84 Å². The average Bonchev–Trinajstić information content (AvgIpc) is 2.15. The fraction of sp³-hybridized carbons (Fsp3) is 0.333. The summed E-state index contributed by atoms with van der Waals surface area (Å²) < 4.78 is 0. The number of rotatable bonds is 2. The molecule has 0 heterocycles. The van der Waals surface area contributed by atoms with Gasteiger partial charge in [0.05, 0.1) is 5.69 Å². The number of nitrogen functional groups attached to an aromatic ring is 1. The van der Waals surface area contributed by atoms with E-state index in [1.807, 2.05) is 18.2 Å². The third kappa shape index (κ3) is 1.96. The molecule has 0 saturated carbocycles. The van der Waals surface area contributed by atoms with E-state index in [2.05, 4.69) is 38.8 Å². The summed E-state index contributed by atoms with van der Waals surface area (Å²) in [4.78, 5) is 0. The summed E-state index contributed by atoms with van der Waals surface area (Å²) >= 11 is 0. The van der Waals surface area contributed by atoms with Crippen molar-refractivity contribution in [3.63, 3.8) is 0 Å². The van der Waals surface area contributed by atoms with Crippen LogP contribution in [0.3, 0.4) is 0 Å². The summed E-state index contributed by atoms with van der Waals surface area (Å²) in [5, 5.41) is 0. The Hall–Kier alpha value is -1.28. The van der Waals surface area contributed by atoms with Crippen LogP contribution in [0.1, 0.15) is 31.9 Å². The number of benzene rings is 1. The first-order valence-corrected chi connectivity index (χ1v) is 4.73. The van der Waals surface area contributed by atoms with E-state index in [-0.39, 0.29) is 5.41 Å². The Morgan fingerprint density at radius 3 is 2.43 bits per heavy atom. The number of hydrazine groups is 1. The minimum absolute atomic E-state index is 0.0841. The zero-order valence-corrected chi connectivity index (χ0v) is 9.09. The molecule has 0 aliphatic carbocycles. The lowest BCUT2D eigenvalue weighted by molar-refractivity contribution is 0.591. The monoisotopic (exact) mass is 190 g/mol. The third-order valence-electron chi connectivity index (χ3n) is 2.27. The fourth-order valence-corrected chi connectivity index (χ4v) is 1.53. The van der Waals surface area contributed by atoms with Gasteiger partial charge in [0, 0.05) is 0 Å². The minimum Gasteiger partial charge on any atom is -0.323 e. The summed E-state index contributed by atoms with van der Waals surface area (Å²) in [7, 11) is 0. The molecule has 14 heavy (non-hydrogen) atoms. The second-order valence-electron chi connectivity index (χ2n) is 4.37. The highest BCUT2D eigenvalue weighted by molar-refractivity contribution is 5.69. The summed E-state index contributed by atoms with van der Waals surface area (Å²) in [6.07, 6.45) is 1.81. The molecule has 1 rings (SSSR count). The zero-order valence-electron chi connectivity index (χ0n) is 9.09. The number of hydrogen-bond acceptors (Lipinski definition) is 2. The second-order valence-corrected chi connectivity index (χ2v) is 4.37. The Morgan fingerprint density at radius 2 is 2.00 bits per heavy atom. The zero-order chi connectivity index (χ0) is 10.8. The quantitative estimate of drug-likeness (QED) is 0.556. The van der Waals surface area contributed by atoms with Gasteiger partial charge in [0.25, 0.3) is 0 Å². The van der Waals surface area contributed by atoms with Gasteiger partial charge in [0.15, 0.2) is 0 Å². The number of hydrogen-bond donors (Lipinski definition) is 2. The van der Waals surface area contributed by atoms with Gasteiger partial charge in [-0.25, -0.2) is 0 Å². The molecular weight excluding hydrogens is 172 g/mol. The Labute approximate surface area is 85.8 Å². The SMILES string of the molecule is C=Cc1cccc(C(C)(C)C)c1NN. The molecule has 1 aromatic rings. The first-order valence-electron chi connectivity index (χ1n) is 4.73. The maximum absolute atomic E-state index is 5.53. The van der Waals surface area contributed by atoms with E-state index in [1.165, 1.54) is 5.56 Å². The van der Waals surface area contributed by atoms with Gasteiger partial charge in [-0.15, -0.1) is 0 Å². The molecule has 0 fully saturated rings. The molecule has 0 bridgehead atoms. The van der Waals surface area contributed by atoms with Crippen molar-refractivity contribution < 1.29 is 0 Å². The van der Waals surface area contributed by atoms with Gasteiger partial charge in [-0.1, -0.05) is 51.6 Å². The van der Waals surface area contributed by atoms with E-state index in [1.54, 1.807) is 0 Å². The van der Waals surface area contributed by atoms with E-state index >= 15 is 0 Å². The van der Waals surface area contributed by atoms with Crippen LogP contribution in [-0.4, -0.2) is 0 Å². The molecule has 0 atom stereocenters. The molecule has 2 nitrogen and oxygen atoms in total. The largest absolute Gasteiger partial charge is 0.323 e. The number of para-hydroxylation sites is 1. The third-order valence-corrected chi connectivity index (χ3v) is 2.27. The van der Waals surface area contributed by atoms with Gasteiger partial charge in [0.2, 0.25) is 0 Å². The smallest absolute Gasteiger partial charge is 0.0594 e. The highest BCUT2D eigenvalue weighted by Crippen LogP contribution is 2.31. The highest BCUT2D eigenvalue weighted by Gasteiger charge is 2.18. The Bertz CT molecular complexity index is 335. The number of anilines is 1. The normalized spacial score (nSPS) is 11.1. The molecule has 0 saturated heterocycles. The van der Waals surface area contributed by atoms with E-state index < -0.39 is 0 Å². The Balaban J connectivity index is 3.36. The topological polar surface area (TPSA) is 38.0 Å². The summed E-state index contributed by atoms with van der Waals surface area (Å²) in [5.74, 6) is 5.53. The molecule has 2 heteroatoms. The Kier molecular flexibility index (Phi) is 2.96. The highest BCUT2D eigenvalue weighted by atomic mass is 15.2. The molecule has 0 radical (unpaired) electrons. The van der Waals surface area contributed by atoms with Crippen LogP contribution < -0.4 is 11.3 Å². The molecule has 3 N–H and O–H groups in total.